The third-order valence-corrected chi connectivity index (χ3v) is 9.65. The molecule has 2 fully saturated rings. The van der Waals surface area contributed by atoms with Gasteiger partial charge < -0.3 is 40.6 Å². The van der Waals surface area contributed by atoms with Gasteiger partial charge in [-0.1, -0.05) is 58.3 Å². The Balaban J connectivity index is 0.000000512. The molecule has 6 unspecified atom stereocenters. The predicted octanol–water partition coefficient (Wildman–Crippen LogP) is 3.90. The van der Waals surface area contributed by atoms with Crippen molar-refractivity contribution in [3.05, 3.63) is 24.1 Å². The van der Waals surface area contributed by atoms with Crippen molar-refractivity contribution in [2.75, 3.05) is 7.05 Å². The Kier molecular flexibility index (Phi) is 20.1. The zero-order chi connectivity index (χ0) is 39.4. The van der Waals surface area contributed by atoms with E-state index < -0.39 is 59.9 Å². The summed E-state index contributed by atoms with van der Waals surface area (Å²) in [6.45, 7) is 7.78. The Morgan fingerprint density at radius 3 is 2.40 bits per heavy atom. The molecule has 0 aliphatic carbocycles. The maximum atomic E-state index is 12.8. The Bertz CT molecular complexity index is 1270. The number of imide groups is 1. The van der Waals surface area contributed by atoms with E-state index in [2.05, 4.69) is 17.6 Å². The number of ether oxygens (including phenoxy) is 3. The number of amides is 5. The molecule has 6 N–H and O–H groups in total. The zero-order valence-corrected chi connectivity index (χ0v) is 32.2. The van der Waals surface area contributed by atoms with Crippen LogP contribution in [0.15, 0.2) is 24.1 Å². The minimum absolute atomic E-state index is 0.0215. The monoisotopic (exact) mass is 749 g/mol. The van der Waals surface area contributed by atoms with Crippen LogP contribution < -0.4 is 21.7 Å². The number of hydrogen-bond donors (Lipinski definition) is 5. The molecule has 3 aliphatic heterocycles. The van der Waals surface area contributed by atoms with Gasteiger partial charge >= 0.3 is 5.97 Å². The van der Waals surface area contributed by atoms with Crippen molar-refractivity contribution < 1.29 is 48.1 Å². The maximum absolute atomic E-state index is 12.8. The topological polar surface area (TPSA) is 216 Å². The summed E-state index contributed by atoms with van der Waals surface area (Å²) >= 11 is 0. The van der Waals surface area contributed by atoms with Crippen LogP contribution in [0.4, 0.5) is 0 Å². The molecule has 15 heteroatoms. The average Bonchev–Trinajstić information content (AvgIpc) is 3.54. The van der Waals surface area contributed by atoms with Crippen LogP contribution in [-0.2, 0) is 43.0 Å². The lowest BCUT2D eigenvalue weighted by Gasteiger charge is -2.30. The molecule has 6 atom stereocenters. The van der Waals surface area contributed by atoms with E-state index in [1.54, 1.807) is 18.0 Å². The van der Waals surface area contributed by atoms with Crippen molar-refractivity contribution in [1.29, 1.82) is 0 Å². The number of carboxylic acid groups (broad SMARTS) is 1. The number of nitrogens with two attached hydrogens (primary N) is 1. The molecule has 0 radical (unpaired) electrons. The van der Waals surface area contributed by atoms with E-state index in [0.717, 1.165) is 25.7 Å². The maximum Gasteiger partial charge on any atom is 0.309 e. The highest BCUT2D eigenvalue weighted by Gasteiger charge is 2.39. The van der Waals surface area contributed by atoms with Gasteiger partial charge in [0.05, 0.1) is 11.5 Å². The summed E-state index contributed by atoms with van der Waals surface area (Å²) in [6, 6.07) is -0.598. The molecular formula is C38H63N5O10. The number of unbranched alkanes of at least 4 members (excludes halogenated alkanes) is 7. The number of nitrogens with one attached hydrogen (secondary N) is 3. The van der Waals surface area contributed by atoms with Crippen LogP contribution in [0.25, 0.3) is 0 Å². The number of nitrogens with zero attached hydrogens (tertiary/aromatic N) is 1. The van der Waals surface area contributed by atoms with Gasteiger partial charge in [-0.15, -0.1) is 0 Å². The van der Waals surface area contributed by atoms with Gasteiger partial charge in [-0.3, -0.25) is 34.1 Å². The Morgan fingerprint density at radius 1 is 1.08 bits per heavy atom. The largest absolute Gasteiger partial charge is 0.481 e. The number of carbonyl (C=O) groups is 6. The first kappa shape index (κ1) is 45.2. The molecule has 0 aromatic carbocycles. The van der Waals surface area contributed by atoms with Gasteiger partial charge in [-0.05, 0) is 71.8 Å². The van der Waals surface area contributed by atoms with Crippen LogP contribution in [0.3, 0.4) is 0 Å². The van der Waals surface area contributed by atoms with Gasteiger partial charge in [-0.25, -0.2) is 0 Å². The fourth-order valence-corrected chi connectivity index (χ4v) is 6.25. The van der Waals surface area contributed by atoms with Crippen LogP contribution in [0.2, 0.25) is 0 Å². The van der Waals surface area contributed by atoms with Crippen molar-refractivity contribution in [2.24, 2.45) is 11.1 Å². The average molecular weight is 750 g/mol. The van der Waals surface area contributed by atoms with Gasteiger partial charge in [0.2, 0.25) is 24.5 Å². The standard InChI is InChI=1S/C24H35N5O8.C14H28O2/c1-14-5-3-6-15(23(33)27-14)28-24(34)17-7-4-8-20(36-17)37-21(22(25)32)16-9-10-19(35-16)29(2)12-11-18(31)26-13-30;1-4-5-6-7-8-9-10-11-12-14(2,3)13(15)16/h7,11-16,19-21H,3-6,8-10H2,1-2H3,(H2,25,32)(H,27,33)(H,28,34)(H,26,30,31);4-12H2,1-3H3,(H,15,16)/b12-11-;. The molecular weight excluding hydrogens is 686 g/mol. The highest BCUT2D eigenvalue weighted by atomic mass is 16.7. The van der Waals surface area contributed by atoms with Gasteiger partial charge in [0, 0.05) is 31.8 Å². The smallest absolute Gasteiger partial charge is 0.309 e. The molecule has 0 spiro atoms. The van der Waals surface area contributed by atoms with Crippen LogP contribution in [-0.4, -0.2) is 89.9 Å². The summed E-state index contributed by atoms with van der Waals surface area (Å²) in [6.07, 6.45) is 16.4. The van der Waals surface area contributed by atoms with Crippen molar-refractivity contribution in [3.8, 4) is 0 Å². The predicted molar refractivity (Wildman–Crippen MR) is 197 cm³/mol. The zero-order valence-electron chi connectivity index (χ0n) is 32.2. The molecule has 3 rings (SSSR count). The molecule has 3 aliphatic rings. The molecule has 15 nitrogen and oxygen atoms in total. The number of aliphatic carboxylic acids is 1. The highest BCUT2D eigenvalue weighted by molar-refractivity contribution is 5.96. The summed E-state index contributed by atoms with van der Waals surface area (Å²) in [5.41, 5.74) is 5.06. The minimum Gasteiger partial charge on any atom is -0.481 e. The fourth-order valence-electron chi connectivity index (χ4n) is 6.25. The third kappa shape index (κ3) is 16.7. The van der Waals surface area contributed by atoms with E-state index >= 15 is 0 Å². The van der Waals surface area contributed by atoms with E-state index in [-0.39, 0.29) is 24.1 Å². The molecule has 300 valence electrons. The quantitative estimate of drug-likeness (QED) is 0.0684. The van der Waals surface area contributed by atoms with E-state index in [1.807, 2.05) is 26.1 Å². The fraction of sp³-hybridized carbons (Fsp3) is 0.737. The van der Waals surface area contributed by atoms with Crippen LogP contribution in [0.5, 0.6) is 0 Å². The SMILES string of the molecule is CC1CCCC(NC(=O)C2=CCCC(OC(C(N)=O)C3CCC(N(C)/C=C\C(=O)NC=O)O3)O2)C(=O)N1.CCCCCCCCCCC(C)(C)C(=O)O. The number of carbonyl (C=O) groups excluding carboxylic acids is 5. The van der Waals surface area contributed by atoms with E-state index in [4.69, 9.17) is 25.1 Å². The first-order chi connectivity index (χ1) is 25.2. The Labute approximate surface area is 314 Å². The van der Waals surface area contributed by atoms with Gasteiger partial charge in [0.15, 0.2) is 11.9 Å². The second-order valence-electron chi connectivity index (χ2n) is 14.7. The van der Waals surface area contributed by atoms with Crippen LogP contribution >= 0.6 is 0 Å². The normalized spacial score (nSPS) is 23.6. The van der Waals surface area contributed by atoms with Crippen molar-refractivity contribution in [3.63, 3.8) is 0 Å². The summed E-state index contributed by atoms with van der Waals surface area (Å²) in [4.78, 5) is 71.6. The van der Waals surface area contributed by atoms with E-state index in [1.165, 1.54) is 57.2 Å². The number of rotatable bonds is 20. The number of carboxylic acids is 1. The minimum atomic E-state index is -1.12. The van der Waals surface area contributed by atoms with Gasteiger partial charge in [0.25, 0.3) is 11.8 Å². The van der Waals surface area contributed by atoms with Crippen molar-refractivity contribution in [2.45, 2.75) is 167 Å². The summed E-state index contributed by atoms with van der Waals surface area (Å²) in [5.74, 6) is -2.71. The Morgan fingerprint density at radius 2 is 1.75 bits per heavy atom. The number of allylic oxidation sites excluding steroid dienone is 1. The second-order valence-corrected chi connectivity index (χ2v) is 14.7. The molecule has 0 aromatic heterocycles. The van der Waals surface area contributed by atoms with Gasteiger partial charge in [0.1, 0.15) is 12.3 Å². The molecule has 0 aromatic rings. The first-order valence-electron chi connectivity index (χ1n) is 19.1. The van der Waals surface area contributed by atoms with Crippen molar-refractivity contribution in [1.82, 2.24) is 20.9 Å². The number of primary amides is 1. The Hall–Kier alpha value is -3.98. The van der Waals surface area contributed by atoms with Crippen LogP contribution in [0.1, 0.15) is 130 Å². The molecule has 5 amide bonds. The summed E-state index contributed by atoms with van der Waals surface area (Å²) in [7, 11) is 1.69. The summed E-state index contributed by atoms with van der Waals surface area (Å²) in [5, 5.41) is 16.5. The second kappa shape index (κ2) is 23.6. The first-order valence-corrected chi connectivity index (χ1v) is 19.1. The van der Waals surface area contributed by atoms with E-state index in [9.17, 15) is 28.8 Å². The third-order valence-electron chi connectivity index (χ3n) is 9.65. The van der Waals surface area contributed by atoms with Crippen LogP contribution in [0, 0.1) is 5.41 Å². The molecule has 3 heterocycles. The molecule has 2 saturated heterocycles. The lowest BCUT2D eigenvalue weighted by atomic mass is 9.87. The van der Waals surface area contributed by atoms with Gasteiger partial charge in [-0.2, -0.15) is 0 Å². The van der Waals surface area contributed by atoms with Crippen molar-refractivity contribution >= 4 is 36.0 Å². The summed E-state index contributed by atoms with van der Waals surface area (Å²) < 4.78 is 17.5. The molecule has 0 saturated carbocycles. The lowest BCUT2D eigenvalue weighted by molar-refractivity contribution is -0.195. The lowest BCUT2D eigenvalue weighted by Crippen LogP contribution is -2.48. The molecule has 0 bridgehead atoms. The number of hydrogen-bond acceptors (Lipinski definition) is 10. The molecule has 53 heavy (non-hydrogen) atoms. The van der Waals surface area contributed by atoms with E-state index in [0.29, 0.717) is 32.1 Å². The highest BCUT2D eigenvalue weighted by Crippen LogP contribution is 2.29.